The second-order valence-corrected chi connectivity index (χ2v) is 7.45. The van der Waals surface area contributed by atoms with Gasteiger partial charge in [0.1, 0.15) is 5.82 Å². The number of benzene rings is 1. The highest BCUT2D eigenvalue weighted by molar-refractivity contribution is 5.90. The van der Waals surface area contributed by atoms with Gasteiger partial charge in [-0.25, -0.2) is 4.68 Å². The van der Waals surface area contributed by atoms with Gasteiger partial charge in [-0.1, -0.05) is 0 Å². The standard InChI is InChI=1S/C19H22N4O3/c1-12-10-18(20-19(24)11-17(13-2-3-13)14-4-5-14)22(21-12)15-6-8-16(9-7-15)23(25)26/h6-10,13-14,17H,2-5,11H2,1H3,(H,20,24). The lowest BCUT2D eigenvalue weighted by Gasteiger charge is -2.15. The first-order chi connectivity index (χ1) is 12.5. The maximum atomic E-state index is 12.6. The molecule has 0 bridgehead atoms. The lowest BCUT2D eigenvalue weighted by Crippen LogP contribution is -2.20. The number of carbonyl (C=O) groups excluding carboxylic acids is 1. The van der Waals surface area contributed by atoms with Gasteiger partial charge in [0, 0.05) is 24.6 Å². The maximum absolute atomic E-state index is 12.6. The molecular weight excluding hydrogens is 332 g/mol. The highest BCUT2D eigenvalue weighted by Gasteiger charge is 2.42. The molecule has 0 unspecified atom stereocenters. The van der Waals surface area contributed by atoms with Crippen molar-refractivity contribution in [1.29, 1.82) is 0 Å². The van der Waals surface area contributed by atoms with Crippen molar-refractivity contribution in [1.82, 2.24) is 9.78 Å². The van der Waals surface area contributed by atoms with E-state index < -0.39 is 4.92 Å². The number of hydrogen-bond donors (Lipinski definition) is 1. The first-order valence-electron chi connectivity index (χ1n) is 9.12. The molecule has 26 heavy (non-hydrogen) atoms. The summed E-state index contributed by atoms with van der Waals surface area (Å²) in [7, 11) is 0. The molecule has 7 heteroatoms. The molecule has 2 saturated carbocycles. The summed E-state index contributed by atoms with van der Waals surface area (Å²) in [4.78, 5) is 23.0. The number of nitrogens with zero attached hydrogens (tertiary/aromatic N) is 3. The smallest absolute Gasteiger partial charge is 0.269 e. The van der Waals surface area contributed by atoms with Crippen LogP contribution in [0.25, 0.3) is 5.69 Å². The third kappa shape index (κ3) is 3.61. The number of rotatable bonds is 7. The largest absolute Gasteiger partial charge is 0.311 e. The van der Waals surface area contributed by atoms with Gasteiger partial charge in [0.25, 0.3) is 5.69 Å². The second-order valence-electron chi connectivity index (χ2n) is 7.45. The minimum absolute atomic E-state index is 0.0249. The zero-order chi connectivity index (χ0) is 18.3. The van der Waals surface area contributed by atoms with E-state index in [1.807, 2.05) is 13.0 Å². The van der Waals surface area contributed by atoms with Crippen LogP contribution in [-0.4, -0.2) is 20.6 Å². The average molecular weight is 354 g/mol. The van der Waals surface area contributed by atoms with Gasteiger partial charge < -0.3 is 5.32 Å². The maximum Gasteiger partial charge on any atom is 0.269 e. The number of amides is 1. The van der Waals surface area contributed by atoms with Crippen LogP contribution in [0.5, 0.6) is 0 Å². The predicted molar refractivity (Wildman–Crippen MR) is 97.1 cm³/mol. The molecule has 136 valence electrons. The molecular formula is C19H22N4O3. The monoisotopic (exact) mass is 354 g/mol. The number of nitro groups is 1. The van der Waals surface area contributed by atoms with E-state index in [1.54, 1.807) is 16.8 Å². The highest BCUT2D eigenvalue weighted by Crippen LogP contribution is 2.50. The van der Waals surface area contributed by atoms with Crippen molar-refractivity contribution in [2.75, 3.05) is 5.32 Å². The number of nitrogens with one attached hydrogen (secondary N) is 1. The van der Waals surface area contributed by atoms with Crippen LogP contribution in [0, 0.1) is 34.8 Å². The van der Waals surface area contributed by atoms with Gasteiger partial charge in [0.2, 0.25) is 5.91 Å². The molecule has 2 fully saturated rings. The van der Waals surface area contributed by atoms with Gasteiger partial charge in [-0.15, -0.1) is 0 Å². The molecule has 1 amide bonds. The fourth-order valence-corrected chi connectivity index (χ4v) is 3.68. The molecule has 0 atom stereocenters. The number of anilines is 1. The van der Waals surface area contributed by atoms with Crippen LogP contribution >= 0.6 is 0 Å². The molecule has 1 heterocycles. The number of carbonyl (C=O) groups is 1. The molecule has 1 aromatic carbocycles. The van der Waals surface area contributed by atoms with Gasteiger partial charge in [-0.05, 0) is 62.5 Å². The highest BCUT2D eigenvalue weighted by atomic mass is 16.6. The first kappa shape index (κ1) is 16.8. The van der Waals surface area contributed by atoms with Crippen molar-refractivity contribution in [3.8, 4) is 5.69 Å². The van der Waals surface area contributed by atoms with Crippen LogP contribution in [-0.2, 0) is 4.79 Å². The number of aryl methyl sites for hydroxylation is 1. The summed E-state index contributed by atoms with van der Waals surface area (Å²) in [5.41, 5.74) is 1.49. The van der Waals surface area contributed by atoms with Gasteiger partial charge >= 0.3 is 0 Å². The third-order valence-corrected chi connectivity index (χ3v) is 5.28. The molecule has 4 rings (SSSR count). The molecule has 2 aliphatic carbocycles. The Morgan fingerprint density at radius 1 is 1.27 bits per heavy atom. The van der Waals surface area contributed by atoms with Crippen LogP contribution in [0.15, 0.2) is 30.3 Å². The van der Waals surface area contributed by atoms with E-state index in [2.05, 4.69) is 10.4 Å². The van der Waals surface area contributed by atoms with Crippen molar-refractivity contribution in [3.63, 3.8) is 0 Å². The van der Waals surface area contributed by atoms with Crippen LogP contribution < -0.4 is 5.32 Å². The van der Waals surface area contributed by atoms with Crippen LogP contribution in [0.1, 0.15) is 37.8 Å². The Morgan fingerprint density at radius 3 is 2.42 bits per heavy atom. The normalized spacial score (nSPS) is 16.7. The van der Waals surface area contributed by atoms with Crippen molar-refractivity contribution < 1.29 is 9.72 Å². The summed E-state index contributed by atoms with van der Waals surface area (Å²) < 4.78 is 1.63. The van der Waals surface area contributed by atoms with Gasteiger partial charge in [0.05, 0.1) is 16.3 Å². The summed E-state index contributed by atoms with van der Waals surface area (Å²) in [5, 5.41) is 18.2. The molecule has 7 nitrogen and oxygen atoms in total. The zero-order valence-electron chi connectivity index (χ0n) is 14.7. The summed E-state index contributed by atoms with van der Waals surface area (Å²) >= 11 is 0. The number of aromatic nitrogens is 2. The SMILES string of the molecule is Cc1cc(NC(=O)CC(C2CC2)C2CC2)n(-c2ccc([N+](=O)[O-])cc2)n1. The first-order valence-corrected chi connectivity index (χ1v) is 9.12. The Balaban J connectivity index is 1.49. The minimum atomic E-state index is -0.434. The lowest BCUT2D eigenvalue weighted by atomic mass is 9.94. The van der Waals surface area contributed by atoms with Gasteiger partial charge in [0.15, 0.2) is 0 Å². The van der Waals surface area contributed by atoms with Crippen molar-refractivity contribution in [2.45, 2.75) is 39.0 Å². The van der Waals surface area contributed by atoms with E-state index in [-0.39, 0.29) is 11.6 Å². The Morgan fingerprint density at radius 2 is 1.88 bits per heavy atom. The van der Waals surface area contributed by atoms with E-state index in [0.717, 1.165) is 17.5 Å². The molecule has 0 radical (unpaired) electrons. The Kier molecular flexibility index (Phi) is 4.22. The van der Waals surface area contributed by atoms with E-state index in [0.29, 0.717) is 23.8 Å². The van der Waals surface area contributed by atoms with Crippen molar-refractivity contribution in [3.05, 3.63) is 46.1 Å². The molecule has 2 aliphatic rings. The van der Waals surface area contributed by atoms with Crippen LogP contribution in [0.4, 0.5) is 11.5 Å². The minimum Gasteiger partial charge on any atom is -0.311 e. The van der Waals surface area contributed by atoms with E-state index in [9.17, 15) is 14.9 Å². The van der Waals surface area contributed by atoms with Crippen molar-refractivity contribution in [2.24, 2.45) is 17.8 Å². The Hall–Kier alpha value is -2.70. The Labute approximate surface area is 151 Å². The predicted octanol–water partition coefficient (Wildman–Crippen LogP) is 3.85. The Bertz CT molecular complexity index is 823. The molecule has 1 aromatic heterocycles. The van der Waals surface area contributed by atoms with Crippen LogP contribution in [0.2, 0.25) is 0 Å². The summed E-state index contributed by atoms with van der Waals surface area (Å²) in [6, 6.07) is 7.97. The third-order valence-electron chi connectivity index (χ3n) is 5.28. The number of hydrogen-bond acceptors (Lipinski definition) is 4. The fourth-order valence-electron chi connectivity index (χ4n) is 3.68. The number of nitro benzene ring substituents is 1. The van der Waals surface area contributed by atoms with Crippen molar-refractivity contribution >= 4 is 17.4 Å². The lowest BCUT2D eigenvalue weighted by molar-refractivity contribution is -0.384. The van der Waals surface area contributed by atoms with E-state index >= 15 is 0 Å². The van der Waals surface area contributed by atoms with E-state index in [4.69, 9.17) is 0 Å². The fraction of sp³-hybridized carbons (Fsp3) is 0.474. The summed E-state index contributed by atoms with van der Waals surface area (Å²) in [6.07, 6.45) is 5.60. The molecule has 0 aliphatic heterocycles. The quantitative estimate of drug-likeness (QED) is 0.604. The molecule has 0 spiro atoms. The number of non-ortho nitro benzene ring substituents is 1. The van der Waals surface area contributed by atoms with Crippen LogP contribution in [0.3, 0.4) is 0 Å². The van der Waals surface area contributed by atoms with Gasteiger partial charge in [-0.2, -0.15) is 5.10 Å². The van der Waals surface area contributed by atoms with Gasteiger partial charge in [-0.3, -0.25) is 14.9 Å². The summed E-state index contributed by atoms with van der Waals surface area (Å²) in [6.45, 7) is 1.86. The summed E-state index contributed by atoms with van der Waals surface area (Å²) in [5.74, 6) is 2.61. The van der Waals surface area contributed by atoms with E-state index in [1.165, 1.54) is 37.8 Å². The topological polar surface area (TPSA) is 90.1 Å². The molecule has 2 aromatic rings. The molecule has 1 N–H and O–H groups in total. The average Bonchev–Trinajstić information content (AvgIpc) is 3.52. The zero-order valence-corrected chi connectivity index (χ0v) is 14.7. The molecule has 0 saturated heterocycles. The second kappa shape index (κ2) is 6.55.